The lowest BCUT2D eigenvalue weighted by Gasteiger charge is -2.11. The molecule has 152 valence electrons. The summed E-state index contributed by atoms with van der Waals surface area (Å²) in [6.07, 6.45) is 3.47. The minimum Gasteiger partial charge on any atom is -0.356 e. The number of pyridine rings is 1. The van der Waals surface area contributed by atoms with Crippen LogP contribution in [0, 0.1) is 19.7 Å². The maximum absolute atomic E-state index is 13.8. The Morgan fingerprint density at radius 3 is 2.67 bits per heavy atom. The fourth-order valence-corrected chi connectivity index (χ4v) is 3.15. The van der Waals surface area contributed by atoms with E-state index in [1.165, 1.54) is 12.1 Å². The van der Waals surface area contributed by atoms with Crippen LogP contribution in [0.1, 0.15) is 21.7 Å². The van der Waals surface area contributed by atoms with Crippen LogP contribution in [0.25, 0.3) is 22.6 Å². The average molecular weight is 405 g/mol. The van der Waals surface area contributed by atoms with Crippen molar-refractivity contribution in [3.63, 3.8) is 0 Å². The number of aromatic nitrogens is 4. The SMILES string of the molecule is Cc1ccc(-c2c(-c3cc(C)no3)cnn2CCNC(=O)c2ccccc2F)cn1. The largest absolute Gasteiger partial charge is 0.356 e. The lowest BCUT2D eigenvalue weighted by Crippen LogP contribution is -2.28. The number of hydrogen-bond acceptors (Lipinski definition) is 5. The zero-order chi connectivity index (χ0) is 21.1. The van der Waals surface area contributed by atoms with Crippen molar-refractivity contribution in [3.8, 4) is 22.6 Å². The van der Waals surface area contributed by atoms with E-state index in [1.54, 1.807) is 29.2 Å². The molecule has 0 bridgehead atoms. The molecule has 0 spiro atoms. The van der Waals surface area contributed by atoms with Crippen molar-refractivity contribution in [2.24, 2.45) is 0 Å². The van der Waals surface area contributed by atoms with E-state index in [9.17, 15) is 9.18 Å². The normalized spacial score (nSPS) is 10.9. The van der Waals surface area contributed by atoms with Crippen molar-refractivity contribution in [2.45, 2.75) is 20.4 Å². The Hall–Kier alpha value is -3.81. The van der Waals surface area contributed by atoms with E-state index in [-0.39, 0.29) is 12.1 Å². The molecule has 0 aliphatic carbocycles. The number of nitrogens with zero attached hydrogens (tertiary/aromatic N) is 4. The molecule has 1 aromatic carbocycles. The van der Waals surface area contributed by atoms with Gasteiger partial charge < -0.3 is 9.84 Å². The number of aryl methyl sites for hydroxylation is 2. The van der Waals surface area contributed by atoms with Crippen LogP contribution >= 0.6 is 0 Å². The fourth-order valence-electron chi connectivity index (χ4n) is 3.15. The van der Waals surface area contributed by atoms with Crippen LogP contribution < -0.4 is 5.32 Å². The Labute approximate surface area is 172 Å². The number of rotatable bonds is 6. The molecule has 7 nitrogen and oxygen atoms in total. The summed E-state index contributed by atoms with van der Waals surface area (Å²) in [7, 11) is 0. The van der Waals surface area contributed by atoms with Crippen molar-refractivity contribution < 1.29 is 13.7 Å². The first-order valence-corrected chi connectivity index (χ1v) is 9.48. The Morgan fingerprint density at radius 1 is 1.13 bits per heavy atom. The summed E-state index contributed by atoms with van der Waals surface area (Å²) in [5, 5.41) is 11.2. The Morgan fingerprint density at radius 2 is 1.97 bits per heavy atom. The van der Waals surface area contributed by atoms with Gasteiger partial charge in [0.05, 0.1) is 35.3 Å². The highest BCUT2D eigenvalue weighted by atomic mass is 19.1. The summed E-state index contributed by atoms with van der Waals surface area (Å²) >= 11 is 0. The highest BCUT2D eigenvalue weighted by molar-refractivity contribution is 5.94. The number of amides is 1. The van der Waals surface area contributed by atoms with Crippen molar-refractivity contribution in [1.82, 2.24) is 25.2 Å². The van der Waals surface area contributed by atoms with Gasteiger partial charge in [-0.15, -0.1) is 0 Å². The van der Waals surface area contributed by atoms with Crippen LogP contribution in [0.3, 0.4) is 0 Å². The predicted molar refractivity (Wildman–Crippen MR) is 109 cm³/mol. The quantitative estimate of drug-likeness (QED) is 0.528. The molecular formula is C22H20FN5O2. The maximum atomic E-state index is 13.8. The molecule has 8 heteroatoms. The number of halogens is 1. The molecule has 0 unspecified atom stereocenters. The Kier molecular flexibility index (Phi) is 5.38. The van der Waals surface area contributed by atoms with Crippen LogP contribution in [0.4, 0.5) is 4.39 Å². The third-order valence-corrected chi connectivity index (χ3v) is 4.65. The zero-order valence-electron chi connectivity index (χ0n) is 16.6. The van der Waals surface area contributed by atoms with Crippen LogP contribution in [0.15, 0.2) is 59.4 Å². The molecular weight excluding hydrogens is 385 g/mol. The number of nitrogens with one attached hydrogen (secondary N) is 1. The summed E-state index contributed by atoms with van der Waals surface area (Å²) in [6, 6.07) is 11.6. The van der Waals surface area contributed by atoms with Crippen molar-refractivity contribution in [2.75, 3.05) is 6.54 Å². The van der Waals surface area contributed by atoms with E-state index < -0.39 is 11.7 Å². The van der Waals surface area contributed by atoms with Crippen molar-refractivity contribution in [3.05, 3.63) is 77.6 Å². The van der Waals surface area contributed by atoms with E-state index >= 15 is 0 Å². The molecule has 0 aliphatic rings. The molecule has 0 saturated heterocycles. The number of carbonyl (C=O) groups is 1. The van der Waals surface area contributed by atoms with Gasteiger partial charge in [0.1, 0.15) is 5.82 Å². The van der Waals surface area contributed by atoms with E-state index in [0.717, 1.165) is 28.2 Å². The zero-order valence-corrected chi connectivity index (χ0v) is 16.6. The molecule has 1 N–H and O–H groups in total. The van der Waals surface area contributed by atoms with E-state index in [0.29, 0.717) is 12.3 Å². The maximum Gasteiger partial charge on any atom is 0.254 e. The van der Waals surface area contributed by atoms with Gasteiger partial charge in [-0.2, -0.15) is 5.10 Å². The Balaban J connectivity index is 1.58. The third-order valence-electron chi connectivity index (χ3n) is 4.65. The Bertz CT molecular complexity index is 1180. The van der Waals surface area contributed by atoms with Gasteiger partial charge in [0.15, 0.2) is 5.76 Å². The minimum absolute atomic E-state index is 0.0127. The smallest absolute Gasteiger partial charge is 0.254 e. The lowest BCUT2D eigenvalue weighted by atomic mass is 10.1. The second-order valence-corrected chi connectivity index (χ2v) is 6.89. The molecule has 0 radical (unpaired) electrons. The lowest BCUT2D eigenvalue weighted by molar-refractivity contribution is 0.0948. The van der Waals surface area contributed by atoms with E-state index in [4.69, 9.17) is 4.52 Å². The molecule has 4 aromatic rings. The van der Waals surface area contributed by atoms with Crippen molar-refractivity contribution >= 4 is 5.91 Å². The van der Waals surface area contributed by atoms with Gasteiger partial charge in [-0.1, -0.05) is 17.3 Å². The topological polar surface area (TPSA) is 85.8 Å². The number of benzene rings is 1. The average Bonchev–Trinajstić information content (AvgIpc) is 3.35. The van der Waals surface area contributed by atoms with Crippen LogP contribution in [0.5, 0.6) is 0 Å². The second-order valence-electron chi connectivity index (χ2n) is 6.89. The fraction of sp³-hybridized carbons (Fsp3) is 0.182. The molecule has 0 atom stereocenters. The molecule has 0 aliphatic heterocycles. The third kappa shape index (κ3) is 3.98. The van der Waals surface area contributed by atoms with Crippen LogP contribution in [0.2, 0.25) is 0 Å². The van der Waals surface area contributed by atoms with Gasteiger partial charge >= 0.3 is 0 Å². The van der Waals surface area contributed by atoms with Gasteiger partial charge in [-0.3, -0.25) is 14.5 Å². The molecule has 0 saturated carbocycles. The molecule has 3 aromatic heterocycles. The van der Waals surface area contributed by atoms with Gasteiger partial charge in [0, 0.05) is 30.1 Å². The predicted octanol–water partition coefficient (Wildman–Crippen LogP) is 3.79. The number of carbonyl (C=O) groups excluding carboxylic acids is 1. The van der Waals surface area contributed by atoms with Gasteiger partial charge in [-0.25, -0.2) is 4.39 Å². The highest BCUT2D eigenvalue weighted by Crippen LogP contribution is 2.32. The summed E-state index contributed by atoms with van der Waals surface area (Å²) < 4.78 is 21.0. The van der Waals surface area contributed by atoms with Crippen LogP contribution in [-0.4, -0.2) is 32.4 Å². The summed E-state index contributed by atoms with van der Waals surface area (Å²) in [6.45, 7) is 4.43. The number of hydrogen-bond donors (Lipinski definition) is 1. The standard InChI is InChI=1S/C22H20FN5O2/c1-14-7-8-16(12-25-14)21-18(20-11-15(2)27-30-20)13-26-28(21)10-9-24-22(29)17-5-3-4-6-19(17)23/h3-8,11-13H,9-10H2,1-2H3,(H,24,29). The van der Waals surface area contributed by atoms with Gasteiger partial charge in [0.2, 0.25) is 0 Å². The van der Waals surface area contributed by atoms with Crippen molar-refractivity contribution in [1.29, 1.82) is 0 Å². The first kappa shape index (κ1) is 19.5. The summed E-state index contributed by atoms with van der Waals surface area (Å²) in [5.74, 6) is -0.418. The first-order valence-electron chi connectivity index (χ1n) is 9.48. The monoisotopic (exact) mass is 405 g/mol. The first-order chi connectivity index (χ1) is 14.5. The highest BCUT2D eigenvalue weighted by Gasteiger charge is 2.18. The molecule has 30 heavy (non-hydrogen) atoms. The molecule has 0 fully saturated rings. The summed E-state index contributed by atoms with van der Waals surface area (Å²) in [4.78, 5) is 16.6. The van der Waals surface area contributed by atoms with E-state index in [1.807, 2.05) is 32.0 Å². The minimum atomic E-state index is -0.552. The van der Waals surface area contributed by atoms with E-state index in [2.05, 4.69) is 20.6 Å². The molecule has 3 heterocycles. The molecule has 4 rings (SSSR count). The van der Waals surface area contributed by atoms with Gasteiger partial charge in [0.25, 0.3) is 5.91 Å². The summed E-state index contributed by atoms with van der Waals surface area (Å²) in [5.41, 5.74) is 4.13. The second kappa shape index (κ2) is 8.28. The van der Waals surface area contributed by atoms with Crippen LogP contribution in [-0.2, 0) is 6.54 Å². The van der Waals surface area contributed by atoms with Gasteiger partial charge in [-0.05, 0) is 38.1 Å². The molecule has 1 amide bonds.